The molecule has 1 aromatic rings. The lowest BCUT2D eigenvalue weighted by atomic mass is 10.2. The first-order valence-electron chi connectivity index (χ1n) is 6.39. The summed E-state index contributed by atoms with van der Waals surface area (Å²) in [7, 11) is 1.61. The summed E-state index contributed by atoms with van der Waals surface area (Å²) in [4.78, 5) is 11.3. The number of rotatable bonds is 6. The predicted octanol–water partition coefficient (Wildman–Crippen LogP) is 1.45. The number of amides is 1. The van der Waals surface area contributed by atoms with Crippen molar-refractivity contribution in [3.05, 3.63) is 29.8 Å². The summed E-state index contributed by atoms with van der Waals surface area (Å²) in [5, 5.41) is 6.02. The number of hydrogen-bond acceptors (Lipinski definition) is 3. The fourth-order valence-electron chi connectivity index (χ4n) is 1.70. The van der Waals surface area contributed by atoms with Gasteiger partial charge >= 0.3 is 0 Å². The van der Waals surface area contributed by atoms with Crippen molar-refractivity contribution in [2.24, 2.45) is 0 Å². The van der Waals surface area contributed by atoms with Crippen LogP contribution in [-0.4, -0.2) is 25.1 Å². The zero-order chi connectivity index (χ0) is 13.0. The summed E-state index contributed by atoms with van der Waals surface area (Å²) in [5.41, 5.74) is 1.24. The number of likely N-dealkylation sites (N-methyl/N-ethyl adjacent to an activating group) is 1. The van der Waals surface area contributed by atoms with Crippen LogP contribution in [0.2, 0.25) is 0 Å². The van der Waals surface area contributed by atoms with Gasteiger partial charge in [0.05, 0.1) is 0 Å². The normalized spacial score (nSPS) is 16.1. The molecule has 1 unspecified atom stereocenters. The van der Waals surface area contributed by atoms with Crippen molar-refractivity contribution in [1.82, 2.24) is 10.6 Å². The van der Waals surface area contributed by atoms with Crippen molar-refractivity contribution in [3.63, 3.8) is 0 Å². The molecule has 0 radical (unpaired) electrons. The Kier molecular flexibility index (Phi) is 4.20. The zero-order valence-corrected chi connectivity index (χ0v) is 10.9. The summed E-state index contributed by atoms with van der Waals surface area (Å²) < 4.78 is 5.53. The van der Waals surface area contributed by atoms with E-state index in [1.807, 2.05) is 24.3 Å². The Labute approximate surface area is 108 Å². The number of benzene rings is 1. The van der Waals surface area contributed by atoms with Crippen molar-refractivity contribution in [2.45, 2.75) is 38.5 Å². The summed E-state index contributed by atoms with van der Waals surface area (Å²) in [6.45, 7) is 2.64. The molecular formula is C14H20N2O2. The second-order valence-electron chi connectivity index (χ2n) is 4.67. The monoisotopic (exact) mass is 248 g/mol. The van der Waals surface area contributed by atoms with Gasteiger partial charge in [-0.2, -0.15) is 0 Å². The van der Waals surface area contributed by atoms with Gasteiger partial charge < -0.3 is 15.4 Å². The molecule has 0 aliphatic heterocycles. The molecule has 1 amide bonds. The second-order valence-corrected chi connectivity index (χ2v) is 4.67. The third-order valence-electron chi connectivity index (χ3n) is 3.02. The molecule has 0 spiro atoms. The van der Waals surface area contributed by atoms with E-state index < -0.39 is 6.10 Å². The number of ether oxygens (including phenoxy) is 1. The van der Waals surface area contributed by atoms with E-state index in [1.54, 1.807) is 14.0 Å². The number of nitrogens with one attached hydrogen (secondary N) is 2. The Balaban J connectivity index is 1.84. The van der Waals surface area contributed by atoms with Crippen LogP contribution in [0.1, 0.15) is 25.3 Å². The molecule has 0 bridgehead atoms. The molecule has 18 heavy (non-hydrogen) atoms. The minimum absolute atomic E-state index is 0.116. The van der Waals surface area contributed by atoms with Crippen LogP contribution in [0, 0.1) is 0 Å². The smallest absolute Gasteiger partial charge is 0.260 e. The predicted molar refractivity (Wildman–Crippen MR) is 70.5 cm³/mol. The Morgan fingerprint density at radius 3 is 2.61 bits per heavy atom. The highest BCUT2D eigenvalue weighted by atomic mass is 16.5. The molecule has 4 nitrogen and oxygen atoms in total. The van der Waals surface area contributed by atoms with Gasteiger partial charge in [-0.15, -0.1) is 0 Å². The Morgan fingerprint density at radius 2 is 2.06 bits per heavy atom. The maximum absolute atomic E-state index is 11.3. The fourth-order valence-corrected chi connectivity index (χ4v) is 1.70. The highest BCUT2D eigenvalue weighted by Gasteiger charge is 2.19. The standard InChI is InChI=1S/C14H20N2O2/c1-10(14(17)15-2)18-13-7-3-11(4-8-13)9-16-12-5-6-12/h3-4,7-8,10,12,16H,5-6,9H2,1-2H3,(H,15,17). The fraction of sp³-hybridized carbons (Fsp3) is 0.500. The zero-order valence-electron chi connectivity index (χ0n) is 10.9. The number of carbonyl (C=O) groups excluding carboxylic acids is 1. The van der Waals surface area contributed by atoms with Crippen LogP contribution in [0.15, 0.2) is 24.3 Å². The van der Waals surface area contributed by atoms with Crippen LogP contribution in [0.25, 0.3) is 0 Å². The van der Waals surface area contributed by atoms with Crippen LogP contribution in [0.3, 0.4) is 0 Å². The van der Waals surface area contributed by atoms with E-state index in [9.17, 15) is 4.79 Å². The minimum Gasteiger partial charge on any atom is -0.481 e. The van der Waals surface area contributed by atoms with Crippen molar-refractivity contribution in [3.8, 4) is 5.75 Å². The van der Waals surface area contributed by atoms with Crippen LogP contribution < -0.4 is 15.4 Å². The molecule has 4 heteroatoms. The quantitative estimate of drug-likeness (QED) is 0.801. The third-order valence-corrected chi connectivity index (χ3v) is 3.02. The second kappa shape index (κ2) is 5.87. The van der Waals surface area contributed by atoms with Gasteiger partial charge in [0.25, 0.3) is 5.91 Å². The highest BCUT2D eigenvalue weighted by molar-refractivity contribution is 5.80. The van der Waals surface area contributed by atoms with Crippen LogP contribution >= 0.6 is 0 Å². The highest BCUT2D eigenvalue weighted by Crippen LogP contribution is 2.20. The van der Waals surface area contributed by atoms with E-state index >= 15 is 0 Å². The first-order valence-corrected chi connectivity index (χ1v) is 6.39. The molecule has 1 fully saturated rings. The molecule has 98 valence electrons. The molecule has 0 heterocycles. The average molecular weight is 248 g/mol. The van der Waals surface area contributed by atoms with E-state index in [-0.39, 0.29) is 5.91 Å². The first-order chi connectivity index (χ1) is 8.69. The molecule has 1 atom stereocenters. The Bertz CT molecular complexity index is 399. The van der Waals surface area contributed by atoms with Gasteiger partial charge in [0.1, 0.15) is 5.75 Å². The van der Waals surface area contributed by atoms with Crippen molar-refractivity contribution >= 4 is 5.91 Å². The molecule has 2 rings (SSSR count). The molecule has 0 aromatic heterocycles. The lowest BCUT2D eigenvalue weighted by molar-refractivity contribution is -0.126. The van der Waals surface area contributed by atoms with E-state index in [1.165, 1.54) is 18.4 Å². The molecule has 1 aliphatic rings. The molecule has 1 aliphatic carbocycles. The lowest BCUT2D eigenvalue weighted by Crippen LogP contribution is -2.33. The first kappa shape index (κ1) is 12.9. The topological polar surface area (TPSA) is 50.4 Å². The van der Waals surface area contributed by atoms with Crippen LogP contribution in [0.4, 0.5) is 0 Å². The number of carbonyl (C=O) groups is 1. The Hall–Kier alpha value is -1.55. The minimum atomic E-state index is -0.467. The maximum Gasteiger partial charge on any atom is 0.260 e. The third kappa shape index (κ3) is 3.74. The molecule has 0 saturated heterocycles. The maximum atomic E-state index is 11.3. The average Bonchev–Trinajstić information content (AvgIpc) is 3.21. The summed E-state index contributed by atoms with van der Waals surface area (Å²) >= 11 is 0. The van der Waals surface area contributed by atoms with Gasteiger partial charge in [0.2, 0.25) is 0 Å². The van der Waals surface area contributed by atoms with E-state index in [2.05, 4.69) is 10.6 Å². The molecule has 2 N–H and O–H groups in total. The molecule has 1 saturated carbocycles. The number of hydrogen-bond donors (Lipinski definition) is 2. The summed E-state index contributed by atoms with van der Waals surface area (Å²) in [6.07, 6.45) is 2.13. The van der Waals surface area contributed by atoms with Crippen molar-refractivity contribution in [2.75, 3.05) is 7.05 Å². The molecular weight excluding hydrogens is 228 g/mol. The largest absolute Gasteiger partial charge is 0.481 e. The Morgan fingerprint density at radius 1 is 1.39 bits per heavy atom. The summed E-state index contributed by atoms with van der Waals surface area (Å²) in [6, 6.07) is 8.59. The van der Waals surface area contributed by atoms with E-state index in [0.717, 1.165) is 12.3 Å². The van der Waals surface area contributed by atoms with Gasteiger partial charge in [-0.1, -0.05) is 12.1 Å². The van der Waals surface area contributed by atoms with Crippen LogP contribution in [-0.2, 0) is 11.3 Å². The van der Waals surface area contributed by atoms with Crippen LogP contribution in [0.5, 0.6) is 5.75 Å². The van der Waals surface area contributed by atoms with Gasteiger partial charge in [0, 0.05) is 19.6 Å². The van der Waals surface area contributed by atoms with Gasteiger partial charge in [-0.05, 0) is 37.5 Å². The van der Waals surface area contributed by atoms with Crippen molar-refractivity contribution in [1.29, 1.82) is 0 Å². The van der Waals surface area contributed by atoms with Gasteiger partial charge in [0.15, 0.2) is 6.10 Å². The SMILES string of the molecule is CNC(=O)C(C)Oc1ccc(CNC2CC2)cc1. The van der Waals surface area contributed by atoms with Gasteiger partial charge in [-0.3, -0.25) is 4.79 Å². The van der Waals surface area contributed by atoms with E-state index in [0.29, 0.717) is 6.04 Å². The van der Waals surface area contributed by atoms with Crippen molar-refractivity contribution < 1.29 is 9.53 Å². The van der Waals surface area contributed by atoms with Gasteiger partial charge in [-0.25, -0.2) is 0 Å². The van der Waals surface area contributed by atoms with E-state index in [4.69, 9.17) is 4.74 Å². The molecule has 1 aromatic carbocycles. The lowest BCUT2D eigenvalue weighted by Gasteiger charge is -2.13. The summed E-state index contributed by atoms with van der Waals surface area (Å²) in [5.74, 6) is 0.607.